The van der Waals surface area contributed by atoms with Gasteiger partial charge in [0.25, 0.3) is 0 Å². The quantitative estimate of drug-likeness (QED) is 0.828. The van der Waals surface area contributed by atoms with E-state index < -0.39 is 21.9 Å². The molecule has 0 spiro atoms. The fraction of sp³-hybridized carbons (Fsp3) is 0.583. The number of esters is 1. The maximum Gasteiger partial charge on any atom is 0.373 e. The van der Waals surface area contributed by atoms with E-state index in [9.17, 15) is 18.3 Å². The minimum absolute atomic E-state index is 0.0237. The highest BCUT2D eigenvalue weighted by molar-refractivity contribution is 7.91. The Balaban J connectivity index is 1.98. The van der Waals surface area contributed by atoms with Gasteiger partial charge >= 0.3 is 5.97 Å². The molecule has 1 aliphatic rings. The summed E-state index contributed by atoms with van der Waals surface area (Å²) in [5, 5.41) is 9.98. The monoisotopic (exact) mass is 288 g/mol. The Kier molecular flexibility index (Phi) is 3.96. The molecule has 1 aromatic rings. The molecule has 0 aromatic carbocycles. The summed E-state index contributed by atoms with van der Waals surface area (Å²) in [6, 6.07) is 2.93. The van der Waals surface area contributed by atoms with E-state index in [2.05, 4.69) is 4.74 Å². The van der Waals surface area contributed by atoms with Crippen LogP contribution < -0.4 is 0 Å². The number of aliphatic hydroxyl groups is 1. The van der Waals surface area contributed by atoms with Crippen molar-refractivity contribution < 1.29 is 27.5 Å². The lowest BCUT2D eigenvalue weighted by molar-refractivity contribution is 0.0551. The van der Waals surface area contributed by atoms with Crippen molar-refractivity contribution >= 4 is 15.8 Å². The summed E-state index contributed by atoms with van der Waals surface area (Å²) >= 11 is 0. The van der Waals surface area contributed by atoms with Crippen LogP contribution in [0, 0.1) is 5.92 Å². The van der Waals surface area contributed by atoms with Crippen LogP contribution in [-0.4, -0.2) is 38.1 Å². The molecule has 6 nitrogen and oxygen atoms in total. The number of methoxy groups -OCH3 is 1. The van der Waals surface area contributed by atoms with Gasteiger partial charge in [-0.15, -0.1) is 0 Å². The van der Waals surface area contributed by atoms with Crippen LogP contribution in [0.25, 0.3) is 0 Å². The summed E-state index contributed by atoms with van der Waals surface area (Å²) in [5.41, 5.74) is 0. The molecule has 2 heterocycles. The van der Waals surface area contributed by atoms with Crippen molar-refractivity contribution in [3.63, 3.8) is 0 Å². The average Bonchev–Trinajstić information content (AvgIpc) is 2.95. The second kappa shape index (κ2) is 5.34. The zero-order valence-electron chi connectivity index (χ0n) is 10.5. The van der Waals surface area contributed by atoms with Crippen molar-refractivity contribution in [2.24, 2.45) is 5.92 Å². The van der Waals surface area contributed by atoms with Gasteiger partial charge in [0.15, 0.2) is 9.84 Å². The highest BCUT2D eigenvalue weighted by atomic mass is 32.2. The summed E-state index contributed by atoms with van der Waals surface area (Å²) in [6.07, 6.45) is -0.0335. The first-order valence-electron chi connectivity index (χ1n) is 5.98. The Hall–Kier alpha value is -1.34. The molecule has 1 aliphatic heterocycles. The van der Waals surface area contributed by atoms with Crippen LogP contribution in [-0.2, 0) is 14.6 Å². The summed E-state index contributed by atoms with van der Waals surface area (Å²) in [6.45, 7) is 0. The number of carbonyl (C=O) groups is 1. The third-order valence-corrected chi connectivity index (χ3v) is 5.06. The summed E-state index contributed by atoms with van der Waals surface area (Å²) in [5.74, 6) is -0.112. The predicted molar refractivity (Wildman–Crippen MR) is 66.4 cm³/mol. The van der Waals surface area contributed by atoms with Crippen LogP contribution >= 0.6 is 0 Å². The van der Waals surface area contributed by atoms with Gasteiger partial charge in [-0.1, -0.05) is 0 Å². The first-order valence-corrected chi connectivity index (χ1v) is 7.80. The van der Waals surface area contributed by atoms with Gasteiger partial charge in [-0.2, -0.15) is 0 Å². The number of hydrogen-bond donors (Lipinski definition) is 1. The van der Waals surface area contributed by atoms with Crippen molar-refractivity contribution in [1.29, 1.82) is 0 Å². The Morgan fingerprint density at radius 1 is 1.58 bits per heavy atom. The minimum atomic E-state index is -2.95. The molecule has 0 bridgehead atoms. The summed E-state index contributed by atoms with van der Waals surface area (Å²) in [4.78, 5) is 11.2. The highest BCUT2D eigenvalue weighted by Crippen LogP contribution is 2.29. The minimum Gasteiger partial charge on any atom is -0.463 e. The molecule has 1 N–H and O–H groups in total. The Morgan fingerprint density at radius 2 is 2.32 bits per heavy atom. The van der Waals surface area contributed by atoms with Crippen LogP contribution in [0.15, 0.2) is 16.5 Å². The predicted octanol–water partition coefficient (Wildman–Crippen LogP) is 0.924. The van der Waals surface area contributed by atoms with Crippen molar-refractivity contribution in [2.45, 2.75) is 18.9 Å². The van der Waals surface area contributed by atoms with E-state index in [4.69, 9.17) is 4.42 Å². The standard InChI is InChI=1S/C12H16O6S/c1-17-12(14)11-3-2-10(18-11)9(13)6-8-4-5-19(15,16)7-8/h2-3,8-9,13H,4-7H2,1H3. The lowest BCUT2D eigenvalue weighted by Crippen LogP contribution is -2.09. The lowest BCUT2D eigenvalue weighted by atomic mass is 10.00. The molecule has 0 saturated carbocycles. The van der Waals surface area contributed by atoms with Crippen molar-refractivity contribution in [3.05, 3.63) is 23.7 Å². The van der Waals surface area contributed by atoms with Crippen LogP contribution in [0.2, 0.25) is 0 Å². The second-order valence-electron chi connectivity index (χ2n) is 4.71. The first kappa shape index (κ1) is 14.1. The fourth-order valence-electron chi connectivity index (χ4n) is 2.23. The molecular weight excluding hydrogens is 272 g/mol. The van der Waals surface area contributed by atoms with E-state index in [-0.39, 0.29) is 28.9 Å². The van der Waals surface area contributed by atoms with Crippen LogP contribution in [0.5, 0.6) is 0 Å². The third-order valence-electron chi connectivity index (χ3n) is 3.23. The number of aliphatic hydroxyl groups excluding tert-OH is 1. The molecule has 106 valence electrons. The molecule has 19 heavy (non-hydrogen) atoms. The Morgan fingerprint density at radius 3 is 2.89 bits per heavy atom. The number of rotatable bonds is 4. The van der Waals surface area contributed by atoms with E-state index >= 15 is 0 Å². The topological polar surface area (TPSA) is 93.8 Å². The number of furan rings is 1. The van der Waals surface area contributed by atoms with Gasteiger partial charge in [0.2, 0.25) is 5.76 Å². The molecule has 1 fully saturated rings. The molecule has 1 aromatic heterocycles. The van der Waals surface area contributed by atoms with Gasteiger partial charge in [0.1, 0.15) is 11.9 Å². The van der Waals surface area contributed by atoms with Crippen molar-refractivity contribution in [1.82, 2.24) is 0 Å². The van der Waals surface area contributed by atoms with Crippen molar-refractivity contribution in [3.8, 4) is 0 Å². The van der Waals surface area contributed by atoms with Gasteiger partial charge in [-0.25, -0.2) is 13.2 Å². The van der Waals surface area contributed by atoms with Crippen LogP contribution in [0.4, 0.5) is 0 Å². The molecule has 0 aliphatic carbocycles. The molecule has 7 heteroatoms. The van der Waals surface area contributed by atoms with Gasteiger partial charge in [-0.3, -0.25) is 0 Å². The molecular formula is C12H16O6S. The van der Waals surface area contributed by atoms with Gasteiger partial charge < -0.3 is 14.3 Å². The Bertz CT molecular complexity index is 559. The zero-order valence-corrected chi connectivity index (χ0v) is 11.4. The second-order valence-corrected chi connectivity index (χ2v) is 6.94. The highest BCUT2D eigenvalue weighted by Gasteiger charge is 2.30. The molecule has 1 saturated heterocycles. The molecule has 2 unspecified atom stereocenters. The first-order chi connectivity index (χ1) is 8.91. The largest absolute Gasteiger partial charge is 0.463 e. The molecule has 0 amide bonds. The number of sulfone groups is 1. The molecule has 2 rings (SSSR count). The maximum absolute atomic E-state index is 11.3. The molecule has 2 atom stereocenters. The van der Waals surface area contributed by atoms with Crippen LogP contribution in [0.1, 0.15) is 35.3 Å². The van der Waals surface area contributed by atoms with Gasteiger partial charge in [-0.05, 0) is 30.9 Å². The summed E-state index contributed by atoms with van der Waals surface area (Å²) in [7, 11) is -1.71. The fourth-order valence-corrected chi connectivity index (χ4v) is 4.11. The van der Waals surface area contributed by atoms with E-state index in [1.54, 1.807) is 0 Å². The average molecular weight is 288 g/mol. The van der Waals surface area contributed by atoms with E-state index in [0.717, 1.165) is 0 Å². The normalized spacial score (nSPS) is 23.2. The zero-order chi connectivity index (χ0) is 14.0. The maximum atomic E-state index is 11.3. The van der Waals surface area contributed by atoms with E-state index in [0.29, 0.717) is 12.8 Å². The SMILES string of the molecule is COC(=O)c1ccc(C(O)CC2CCS(=O)(=O)C2)o1. The number of hydrogen-bond acceptors (Lipinski definition) is 6. The van der Waals surface area contributed by atoms with Gasteiger partial charge in [0.05, 0.1) is 18.6 Å². The lowest BCUT2D eigenvalue weighted by Gasteiger charge is -2.12. The van der Waals surface area contributed by atoms with Gasteiger partial charge in [0, 0.05) is 0 Å². The molecule has 0 radical (unpaired) electrons. The smallest absolute Gasteiger partial charge is 0.373 e. The van der Waals surface area contributed by atoms with E-state index in [1.807, 2.05) is 0 Å². The third kappa shape index (κ3) is 3.36. The van der Waals surface area contributed by atoms with E-state index in [1.165, 1.54) is 19.2 Å². The number of ether oxygens (including phenoxy) is 1. The Labute approximate surface area is 111 Å². The summed E-state index contributed by atoms with van der Waals surface area (Å²) < 4.78 is 32.3. The van der Waals surface area contributed by atoms with Crippen LogP contribution in [0.3, 0.4) is 0 Å². The number of carbonyl (C=O) groups excluding carboxylic acids is 1. The van der Waals surface area contributed by atoms with Crippen molar-refractivity contribution in [2.75, 3.05) is 18.6 Å².